The lowest BCUT2D eigenvalue weighted by Crippen LogP contribution is -2.58. The van der Waals surface area contributed by atoms with E-state index in [0.29, 0.717) is 26.0 Å². The second-order valence-electron chi connectivity index (χ2n) is 10.4. The van der Waals surface area contributed by atoms with Crippen LogP contribution in [-0.4, -0.2) is 35.7 Å². The van der Waals surface area contributed by atoms with Gasteiger partial charge in [-0.1, -0.05) is 99.2 Å². The van der Waals surface area contributed by atoms with Gasteiger partial charge in [0.05, 0.1) is 5.54 Å². The summed E-state index contributed by atoms with van der Waals surface area (Å²) in [6.45, 7) is 0.961. The van der Waals surface area contributed by atoms with Crippen LogP contribution in [0.3, 0.4) is 0 Å². The van der Waals surface area contributed by atoms with Crippen LogP contribution < -0.4 is 22.1 Å². The summed E-state index contributed by atoms with van der Waals surface area (Å²) in [5.41, 5.74) is 12.0. The Morgan fingerprint density at radius 3 is 1.54 bits per heavy atom. The van der Waals surface area contributed by atoms with Gasteiger partial charge < -0.3 is 31.6 Å². The monoisotopic (exact) mass is 538 g/mol. The first kappa shape index (κ1) is 30.0. The number of hydrogen-bond acceptors (Lipinski definition) is 6. The van der Waals surface area contributed by atoms with E-state index in [1.165, 1.54) is 6.42 Å². The Balaban J connectivity index is 0.000000216. The number of hydrogen-bond donors (Lipinski definition) is 4. The largest absolute Gasteiger partial charge is 0.445 e. The first-order chi connectivity index (χ1) is 18.9. The quantitative estimate of drug-likeness (QED) is 0.384. The molecule has 0 bridgehead atoms. The molecule has 0 unspecified atom stereocenters. The molecule has 0 spiro atoms. The van der Waals surface area contributed by atoms with E-state index in [2.05, 4.69) is 10.6 Å². The summed E-state index contributed by atoms with van der Waals surface area (Å²) >= 11 is 0. The number of rotatable bonds is 8. The number of benzene rings is 2. The molecule has 6 N–H and O–H groups in total. The van der Waals surface area contributed by atoms with Crippen LogP contribution in [0, 0.1) is 0 Å². The average molecular weight is 539 g/mol. The number of primary amides is 1. The van der Waals surface area contributed by atoms with Gasteiger partial charge in [-0.25, -0.2) is 9.59 Å². The molecule has 212 valence electrons. The van der Waals surface area contributed by atoms with Crippen LogP contribution in [0.5, 0.6) is 0 Å². The zero-order chi connectivity index (χ0) is 28.0. The first-order valence-corrected chi connectivity index (χ1v) is 13.8. The van der Waals surface area contributed by atoms with Gasteiger partial charge in [-0.15, -0.1) is 0 Å². The van der Waals surface area contributed by atoms with Crippen LogP contribution in [0.2, 0.25) is 0 Å². The van der Waals surface area contributed by atoms with E-state index in [4.69, 9.17) is 20.9 Å². The molecule has 2 fully saturated rings. The molecule has 9 nitrogen and oxygen atoms in total. The highest BCUT2D eigenvalue weighted by Crippen LogP contribution is 2.28. The van der Waals surface area contributed by atoms with Crippen LogP contribution in [0.1, 0.15) is 75.3 Å². The van der Waals surface area contributed by atoms with Gasteiger partial charge in [-0.05, 0) is 36.8 Å². The molecule has 4 rings (SSSR count). The van der Waals surface area contributed by atoms with Crippen molar-refractivity contribution in [1.82, 2.24) is 10.6 Å². The van der Waals surface area contributed by atoms with E-state index in [1.807, 2.05) is 60.7 Å². The van der Waals surface area contributed by atoms with Crippen LogP contribution in [0.25, 0.3) is 0 Å². The van der Waals surface area contributed by atoms with E-state index in [0.717, 1.165) is 56.1 Å². The van der Waals surface area contributed by atoms with Crippen molar-refractivity contribution in [3.63, 3.8) is 0 Å². The first-order valence-electron chi connectivity index (χ1n) is 13.8. The molecule has 0 atom stereocenters. The smallest absolute Gasteiger partial charge is 0.408 e. The number of carbonyl (C=O) groups excluding carboxylic acids is 3. The van der Waals surface area contributed by atoms with Crippen LogP contribution in [0.4, 0.5) is 9.59 Å². The molecule has 2 aromatic carbocycles. The maximum Gasteiger partial charge on any atom is 0.408 e. The Morgan fingerprint density at radius 1 is 0.667 bits per heavy atom. The van der Waals surface area contributed by atoms with Crippen molar-refractivity contribution in [2.24, 2.45) is 11.5 Å². The van der Waals surface area contributed by atoms with Crippen molar-refractivity contribution < 1.29 is 23.9 Å². The van der Waals surface area contributed by atoms with Gasteiger partial charge in [0.25, 0.3) is 0 Å². The van der Waals surface area contributed by atoms with Crippen molar-refractivity contribution >= 4 is 18.1 Å². The molecule has 0 aromatic heterocycles. The Morgan fingerprint density at radius 2 is 1.10 bits per heavy atom. The molecule has 0 aliphatic heterocycles. The third kappa shape index (κ3) is 9.58. The number of amides is 3. The number of ether oxygens (including phenoxy) is 2. The summed E-state index contributed by atoms with van der Waals surface area (Å²) in [7, 11) is 0. The number of nitrogens with one attached hydrogen (secondary N) is 2. The highest BCUT2D eigenvalue weighted by Gasteiger charge is 2.39. The van der Waals surface area contributed by atoms with Gasteiger partial charge in [0, 0.05) is 6.54 Å². The second kappa shape index (κ2) is 15.1. The fourth-order valence-electron chi connectivity index (χ4n) is 5.13. The van der Waals surface area contributed by atoms with Crippen LogP contribution in [-0.2, 0) is 27.5 Å². The SMILES string of the molecule is NC(=O)C1(NC(=O)OCc2ccccc2)CCCCC1.NCC1(NC(=O)OCc2ccccc2)CCCCC1. The van der Waals surface area contributed by atoms with Crippen LogP contribution in [0.15, 0.2) is 60.7 Å². The molecule has 0 radical (unpaired) electrons. The summed E-state index contributed by atoms with van der Waals surface area (Å²) in [4.78, 5) is 35.4. The fraction of sp³-hybridized carbons (Fsp3) is 0.500. The lowest BCUT2D eigenvalue weighted by atomic mass is 9.81. The van der Waals surface area contributed by atoms with E-state index < -0.39 is 17.5 Å². The lowest BCUT2D eigenvalue weighted by molar-refractivity contribution is -0.125. The van der Waals surface area contributed by atoms with E-state index in [-0.39, 0.29) is 18.2 Å². The van der Waals surface area contributed by atoms with Crippen molar-refractivity contribution in [3.8, 4) is 0 Å². The Kier molecular flexibility index (Phi) is 11.6. The van der Waals surface area contributed by atoms with Crippen molar-refractivity contribution in [3.05, 3.63) is 71.8 Å². The molecular formula is C30H42N4O5. The van der Waals surface area contributed by atoms with E-state index in [1.54, 1.807) is 0 Å². The van der Waals surface area contributed by atoms with Crippen molar-refractivity contribution in [1.29, 1.82) is 0 Å². The molecular weight excluding hydrogens is 496 g/mol. The normalized spacial score (nSPS) is 17.5. The summed E-state index contributed by atoms with van der Waals surface area (Å²) in [5, 5.41) is 5.63. The Labute approximate surface area is 231 Å². The summed E-state index contributed by atoms with van der Waals surface area (Å²) in [6, 6.07) is 19.1. The molecule has 2 aromatic rings. The van der Waals surface area contributed by atoms with Crippen LogP contribution >= 0.6 is 0 Å². The third-order valence-electron chi connectivity index (χ3n) is 7.51. The maximum atomic E-state index is 11.9. The lowest BCUT2D eigenvalue weighted by Gasteiger charge is -2.36. The molecule has 2 saturated carbocycles. The Hall–Kier alpha value is -3.59. The molecule has 3 amide bonds. The summed E-state index contributed by atoms with van der Waals surface area (Å²) < 4.78 is 10.4. The van der Waals surface area contributed by atoms with Crippen molar-refractivity contribution in [2.45, 2.75) is 88.5 Å². The standard InChI is InChI=1S/C15H20N2O3.C15H22N2O2/c16-13(18)15(9-5-2-6-10-15)17-14(19)20-11-12-7-3-1-4-8-12;16-12-15(9-5-2-6-10-15)17-14(18)19-11-13-7-3-1-4-8-13/h1,3-4,7-8H,2,5-6,9-11H2,(H2,16,18)(H,17,19);1,3-4,7-8H,2,5-6,9-12,16H2,(H,17,18). The molecule has 39 heavy (non-hydrogen) atoms. The fourth-order valence-corrected chi connectivity index (χ4v) is 5.13. The summed E-state index contributed by atoms with van der Waals surface area (Å²) in [5.74, 6) is -0.478. The Bertz CT molecular complexity index is 1040. The molecule has 9 heteroatoms. The van der Waals surface area contributed by atoms with Gasteiger partial charge in [-0.2, -0.15) is 0 Å². The number of carbonyl (C=O) groups is 3. The highest BCUT2D eigenvalue weighted by molar-refractivity contribution is 5.88. The highest BCUT2D eigenvalue weighted by atomic mass is 16.6. The minimum Gasteiger partial charge on any atom is -0.445 e. The minimum atomic E-state index is -0.938. The molecule has 2 aliphatic rings. The predicted octanol–water partition coefficient (Wildman–Crippen LogP) is 4.68. The zero-order valence-corrected chi connectivity index (χ0v) is 22.7. The number of nitrogens with two attached hydrogens (primary N) is 2. The van der Waals surface area contributed by atoms with Gasteiger partial charge in [0.15, 0.2) is 0 Å². The topological polar surface area (TPSA) is 146 Å². The average Bonchev–Trinajstić information content (AvgIpc) is 2.97. The van der Waals surface area contributed by atoms with E-state index >= 15 is 0 Å². The van der Waals surface area contributed by atoms with Gasteiger partial charge in [0.2, 0.25) is 5.91 Å². The van der Waals surface area contributed by atoms with Crippen molar-refractivity contribution in [2.75, 3.05) is 6.54 Å². The molecule has 0 heterocycles. The minimum absolute atomic E-state index is 0.182. The molecule has 2 aliphatic carbocycles. The molecule has 0 saturated heterocycles. The third-order valence-corrected chi connectivity index (χ3v) is 7.51. The predicted molar refractivity (Wildman–Crippen MR) is 149 cm³/mol. The second-order valence-corrected chi connectivity index (χ2v) is 10.4. The zero-order valence-electron chi connectivity index (χ0n) is 22.7. The van der Waals surface area contributed by atoms with Gasteiger partial charge in [0.1, 0.15) is 18.8 Å². The number of alkyl carbamates (subject to hydrolysis) is 2. The summed E-state index contributed by atoms with van der Waals surface area (Å²) in [6.07, 6.45) is 8.43. The maximum absolute atomic E-state index is 11.9. The van der Waals surface area contributed by atoms with Gasteiger partial charge >= 0.3 is 12.2 Å². The van der Waals surface area contributed by atoms with E-state index in [9.17, 15) is 14.4 Å². The van der Waals surface area contributed by atoms with Gasteiger partial charge in [-0.3, -0.25) is 4.79 Å².